The number of halogens is 1. The van der Waals surface area contributed by atoms with Gasteiger partial charge in [0.1, 0.15) is 5.69 Å². The molecule has 0 saturated heterocycles. The number of aryl methyl sites for hydroxylation is 1. The quantitative estimate of drug-likeness (QED) is 0.669. The number of nitrogens with one attached hydrogen (secondary N) is 2. The van der Waals surface area contributed by atoms with Crippen LogP contribution in [0, 0.1) is 6.92 Å². The normalized spacial score (nSPS) is 11.4. The van der Waals surface area contributed by atoms with Gasteiger partial charge in [0.05, 0.1) is 5.71 Å². The fraction of sp³-hybridized carbons (Fsp3) is 0.167. The van der Waals surface area contributed by atoms with E-state index in [-0.39, 0.29) is 11.5 Å². The molecule has 2 N–H and O–H groups in total. The van der Waals surface area contributed by atoms with Gasteiger partial charge in [-0.2, -0.15) is 5.10 Å². The van der Waals surface area contributed by atoms with Gasteiger partial charge in [-0.3, -0.25) is 9.78 Å². The molecular formula is C12H12BrN5O. The van der Waals surface area contributed by atoms with Crippen LogP contribution >= 0.6 is 15.9 Å². The molecule has 0 aliphatic heterocycles. The van der Waals surface area contributed by atoms with Gasteiger partial charge >= 0.3 is 0 Å². The Bertz CT molecular complexity index is 680. The van der Waals surface area contributed by atoms with Crippen molar-refractivity contribution >= 4 is 27.6 Å². The largest absolute Gasteiger partial charge is 0.288 e. The van der Waals surface area contributed by atoms with Crippen LogP contribution < -0.4 is 11.0 Å². The second-order valence-electron chi connectivity index (χ2n) is 3.91. The summed E-state index contributed by atoms with van der Waals surface area (Å²) in [5, 5.41) is 11.6. The summed E-state index contributed by atoms with van der Waals surface area (Å²) in [6.45, 7) is 3.44. The summed E-state index contributed by atoms with van der Waals surface area (Å²) in [7, 11) is 0. The highest BCUT2D eigenvalue weighted by atomic mass is 79.9. The van der Waals surface area contributed by atoms with Gasteiger partial charge in [-0.25, -0.2) is 5.43 Å². The number of anilines is 1. The Hall–Kier alpha value is -2.02. The number of nitrogens with zero attached hydrogens (tertiary/aromatic N) is 3. The van der Waals surface area contributed by atoms with Gasteiger partial charge in [-0.05, 0) is 31.5 Å². The Morgan fingerprint density at radius 2 is 2.21 bits per heavy atom. The maximum Gasteiger partial charge on any atom is 0.274 e. The summed E-state index contributed by atoms with van der Waals surface area (Å²) in [5.41, 5.74) is 4.44. The highest BCUT2D eigenvalue weighted by Crippen LogP contribution is 2.12. The SMILES string of the molecule is C/C(=N/Nc1nnc(C)c(=O)[nH]1)c1cccc(Br)c1. The topological polar surface area (TPSA) is 83.0 Å². The van der Waals surface area contributed by atoms with E-state index in [4.69, 9.17) is 0 Å². The Balaban J connectivity index is 2.18. The van der Waals surface area contributed by atoms with Crippen molar-refractivity contribution in [2.45, 2.75) is 13.8 Å². The van der Waals surface area contributed by atoms with Crippen LogP contribution in [-0.2, 0) is 0 Å². The first-order valence-electron chi connectivity index (χ1n) is 5.56. The lowest BCUT2D eigenvalue weighted by Crippen LogP contribution is -2.16. The van der Waals surface area contributed by atoms with Crippen molar-refractivity contribution in [1.82, 2.24) is 15.2 Å². The molecule has 0 atom stereocenters. The molecule has 1 heterocycles. The lowest BCUT2D eigenvalue weighted by Gasteiger charge is -2.03. The monoisotopic (exact) mass is 321 g/mol. The van der Waals surface area contributed by atoms with E-state index in [2.05, 4.69) is 41.6 Å². The van der Waals surface area contributed by atoms with Gasteiger partial charge in [-0.15, -0.1) is 10.2 Å². The molecule has 19 heavy (non-hydrogen) atoms. The molecule has 0 amide bonds. The molecule has 0 saturated carbocycles. The molecule has 0 bridgehead atoms. The molecule has 6 nitrogen and oxygen atoms in total. The van der Waals surface area contributed by atoms with E-state index < -0.39 is 0 Å². The Kier molecular flexibility index (Phi) is 4.06. The van der Waals surface area contributed by atoms with Crippen LogP contribution in [0.5, 0.6) is 0 Å². The molecule has 0 aliphatic carbocycles. The maximum atomic E-state index is 11.3. The smallest absolute Gasteiger partial charge is 0.274 e. The van der Waals surface area contributed by atoms with Gasteiger partial charge in [0, 0.05) is 4.47 Å². The van der Waals surface area contributed by atoms with Crippen molar-refractivity contribution in [3.8, 4) is 0 Å². The third-order valence-electron chi connectivity index (χ3n) is 2.43. The summed E-state index contributed by atoms with van der Waals surface area (Å²) in [6, 6.07) is 7.75. The molecule has 98 valence electrons. The van der Waals surface area contributed by atoms with Crippen LogP contribution in [-0.4, -0.2) is 20.9 Å². The number of hydrogen-bond donors (Lipinski definition) is 2. The minimum atomic E-state index is -0.284. The van der Waals surface area contributed by atoms with Crippen molar-refractivity contribution in [3.63, 3.8) is 0 Å². The fourth-order valence-corrected chi connectivity index (χ4v) is 1.76. The number of benzene rings is 1. The Morgan fingerprint density at radius 1 is 1.42 bits per heavy atom. The van der Waals surface area contributed by atoms with E-state index in [9.17, 15) is 4.79 Å². The zero-order valence-electron chi connectivity index (χ0n) is 10.4. The van der Waals surface area contributed by atoms with Crippen LogP contribution in [0.15, 0.2) is 38.6 Å². The van der Waals surface area contributed by atoms with Gasteiger partial charge < -0.3 is 0 Å². The number of rotatable bonds is 3. The average Bonchev–Trinajstić information content (AvgIpc) is 2.40. The molecule has 2 aromatic rings. The third-order valence-corrected chi connectivity index (χ3v) is 2.93. The van der Waals surface area contributed by atoms with Gasteiger partial charge in [0.15, 0.2) is 0 Å². The molecule has 7 heteroatoms. The minimum Gasteiger partial charge on any atom is -0.288 e. The van der Waals surface area contributed by atoms with Gasteiger partial charge in [0.2, 0.25) is 5.95 Å². The van der Waals surface area contributed by atoms with Crippen LogP contribution in [0.3, 0.4) is 0 Å². The Morgan fingerprint density at radius 3 is 2.89 bits per heavy atom. The van der Waals surface area contributed by atoms with Crippen molar-refractivity contribution in [2.75, 3.05) is 5.43 Å². The van der Waals surface area contributed by atoms with Crippen LogP contribution in [0.2, 0.25) is 0 Å². The van der Waals surface area contributed by atoms with Crippen molar-refractivity contribution < 1.29 is 0 Å². The summed E-state index contributed by atoms with van der Waals surface area (Å²) >= 11 is 3.40. The lowest BCUT2D eigenvalue weighted by atomic mass is 10.1. The first-order valence-corrected chi connectivity index (χ1v) is 6.35. The lowest BCUT2D eigenvalue weighted by molar-refractivity contribution is 0.897. The maximum absolute atomic E-state index is 11.3. The summed E-state index contributed by atoms with van der Waals surface area (Å²) < 4.78 is 0.975. The van der Waals surface area contributed by atoms with Crippen LogP contribution in [0.25, 0.3) is 0 Å². The molecule has 0 fully saturated rings. The van der Waals surface area contributed by atoms with E-state index in [1.54, 1.807) is 6.92 Å². The predicted octanol–water partition coefficient (Wildman–Crippen LogP) is 2.07. The summed E-state index contributed by atoms with van der Waals surface area (Å²) in [6.07, 6.45) is 0. The van der Waals surface area contributed by atoms with Crippen LogP contribution in [0.4, 0.5) is 5.95 Å². The molecule has 1 aromatic carbocycles. The van der Waals surface area contributed by atoms with Crippen molar-refractivity contribution in [3.05, 3.63) is 50.3 Å². The van der Waals surface area contributed by atoms with E-state index in [1.807, 2.05) is 31.2 Å². The second kappa shape index (κ2) is 5.75. The zero-order chi connectivity index (χ0) is 13.8. The molecule has 0 unspecified atom stereocenters. The minimum absolute atomic E-state index is 0.213. The van der Waals surface area contributed by atoms with E-state index in [1.165, 1.54) is 0 Å². The third kappa shape index (κ3) is 3.47. The highest BCUT2D eigenvalue weighted by Gasteiger charge is 2.00. The summed E-state index contributed by atoms with van der Waals surface area (Å²) in [5.74, 6) is 0.213. The number of hydrogen-bond acceptors (Lipinski definition) is 5. The molecule has 0 radical (unpaired) electrons. The van der Waals surface area contributed by atoms with Crippen molar-refractivity contribution in [1.29, 1.82) is 0 Å². The first kappa shape index (κ1) is 13.4. The fourth-order valence-electron chi connectivity index (χ4n) is 1.36. The molecular weight excluding hydrogens is 310 g/mol. The van der Waals surface area contributed by atoms with Gasteiger partial charge in [-0.1, -0.05) is 28.1 Å². The second-order valence-corrected chi connectivity index (χ2v) is 4.82. The van der Waals surface area contributed by atoms with E-state index in [0.717, 1.165) is 15.7 Å². The average molecular weight is 322 g/mol. The van der Waals surface area contributed by atoms with E-state index in [0.29, 0.717) is 5.69 Å². The zero-order valence-corrected chi connectivity index (χ0v) is 12.0. The molecule has 2 rings (SSSR count). The number of aromatic amines is 1. The van der Waals surface area contributed by atoms with Crippen LogP contribution in [0.1, 0.15) is 18.2 Å². The summed E-state index contributed by atoms with van der Waals surface area (Å²) in [4.78, 5) is 13.9. The van der Waals surface area contributed by atoms with Crippen molar-refractivity contribution in [2.24, 2.45) is 5.10 Å². The number of aromatic nitrogens is 3. The van der Waals surface area contributed by atoms with E-state index >= 15 is 0 Å². The number of H-pyrrole nitrogens is 1. The number of hydrazone groups is 1. The molecule has 0 spiro atoms. The highest BCUT2D eigenvalue weighted by molar-refractivity contribution is 9.10. The molecule has 0 aliphatic rings. The first-order chi connectivity index (χ1) is 9.06. The van der Waals surface area contributed by atoms with Gasteiger partial charge in [0.25, 0.3) is 5.56 Å². The standard InChI is InChI=1S/C12H12BrN5O/c1-7(9-4-3-5-10(13)6-9)15-17-12-14-11(19)8(2)16-18-12/h3-6H,1-2H3,(H2,14,17,18,19)/b15-7-. The predicted molar refractivity (Wildman–Crippen MR) is 77.4 cm³/mol. The Labute approximate surface area is 118 Å². The molecule has 1 aromatic heterocycles.